The van der Waals surface area contributed by atoms with Gasteiger partial charge in [-0.25, -0.2) is 0 Å². The molecule has 2 aromatic heterocycles. The lowest BCUT2D eigenvalue weighted by Crippen LogP contribution is -2.34. The van der Waals surface area contributed by atoms with Crippen LogP contribution in [0.5, 0.6) is 0 Å². The first-order valence-electron chi connectivity index (χ1n) is 6.92. The summed E-state index contributed by atoms with van der Waals surface area (Å²) in [4.78, 5) is 0.181. The first-order valence-corrected chi connectivity index (χ1v) is 7.74. The Bertz CT molecular complexity index is 626. The number of fused-ring (bicyclic) bond motifs is 1. The predicted molar refractivity (Wildman–Crippen MR) is 71.9 cm³/mol. The highest BCUT2D eigenvalue weighted by molar-refractivity contribution is 7.16. The van der Waals surface area contributed by atoms with Crippen molar-refractivity contribution in [1.82, 2.24) is 19.8 Å². The average Bonchev–Trinajstić information content (AvgIpc) is 2.98. The molecule has 2 aromatic rings. The van der Waals surface area contributed by atoms with E-state index in [1.807, 2.05) is 0 Å². The molecule has 21 heavy (non-hydrogen) atoms. The van der Waals surface area contributed by atoms with Crippen molar-refractivity contribution < 1.29 is 13.2 Å². The van der Waals surface area contributed by atoms with E-state index in [2.05, 4.69) is 15.3 Å². The predicted octanol–water partition coefficient (Wildman–Crippen LogP) is 2.66. The van der Waals surface area contributed by atoms with E-state index in [0.29, 0.717) is 18.0 Å². The summed E-state index contributed by atoms with van der Waals surface area (Å²) in [7, 11) is 0. The third-order valence-corrected chi connectivity index (χ3v) is 5.06. The van der Waals surface area contributed by atoms with Crippen LogP contribution in [-0.4, -0.2) is 26.4 Å². The van der Waals surface area contributed by atoms with Crippen LogP contribution >= 0.6 is 11.3 Å². The largest absolute Gasteiger partial charge is 0.453 e. The Kier molecular flexibility index (Phi) is 3.64. The van der Waals surface area contributed by atoms with Gasteiger partial charge in [0.25, 0.3) is 5.82 Å². The number of aromatic nitrogens is 4. The summed E-state index contributed by atoms with van der Waals surface area (Å²) in [5.41, 5.74) is 5.89. The van der Waals surface area contributed by atoms with E-state index < -0.39 is 12.0 Å². The van der Waals surface area contributed by atoms with E-state index in [1.165, 1.54) is 6.42 Å². The third kappa shape index (κ3) is 2.76. The Hall–Kier alpha value is -1.22. The minimum atomic E-state index is -4.54. The average molecular weight is 319 g/mol. The summed E-state index contributed by atoms with van der Waals surface area (Å²) < 4.78 is 39.1. The van der Waals surface area contributed by atoms with Gasteiger partial charge in [-0.15, -0.1) is 10.2 Å². The number of halogens is 3. The number of nitrogens with zero attached hydrogens (tertiary/aromatic N) is 4. The van der Waals surface area contributed by atoms with Gasteiger partial charge in [0.1, 0.15) is 5.01 Å². The lowest BCUT2D eigenvalue weighted by molar-refractivity contribution is -0.146. The normalized spacial score (nSPS) is 19.2. The van der Waals surface area contributed by atoms with Gasteiger partial charge in [-0.1, -0.05) is 30.6 Å². The van der Waals surface area contributed by atoms with Gasteiger partial charge < -0.3 is 5.73 Å². The zero-order valence-corrected chi connectivity index (χ0v) is 12.2. The fourth-order valence-corrected chi connectivity index (χ4v) is 3.99. The van der Waals surface area contributed by atoms with Gasteiger partial charge in [0.2, 0.25) is 4.96 Å². The molecule has 0 atom stereocenters. The highest BCUT2D eigenvalue weighted by Crippen LogP contribution is 2.39. The lowest BCUT2D eigenvalue weighted by Gasteiger charge is -2.35. The van der Waals surface area contributed by atoms with Crippen LogP contribution in [0.25, 0.3) is 4.96 Å². The van der Waals surface area contributed by atoms with E-state index in [0.717, 1.165) is 41.5 Å². The van der Waals surface area contributed by atoms with Crippen LogP contribution in [0.3, 0.4) is 0 Å². The topological polar surface area (TPSA) is 69.1 Å². The highest BCUT2D eigenvalue weighted by atomic mass is 32.1. The molecule has 9 heteroatoms. The first-order chi connectivity index (χ1) is 9.93. The Balaban J connectivity index is 1.89. The molecular formula is C12H16F3N5S. The van der Waals surface area contributed by atoms with Crippen LogP contribution in [0, 0.1) is 5.41 Å². The molecule has 3 rings (SSSR count). The van der Waals surface area contributed by atoms with Crippen LogP contribution < -0.4 is 5.73 Å². The van der Waals surface area contributed by atoms with Gasteiger partial charge in [0.05, 0.1) is 0 Å². The number of hydrogen-bond donors (Lipinski definition) is 1. The van der Waals surface area contributed by atoms with Gasteiger partial charge in [-0.3, -0.25) is 0 Å². The number of hydrogen-bond acceptors (Lipinski definition) is 5. The maximum atomic E-state index is 12.8. The van der Waals surface area contributed by atoms with Crippen LogP contribution in [0.15, 0.2) is 0 Å². The van der Waals surface area contributed by atoms with E-state index in [9.17, 15) is 13.2 Å². The molecule has 5 nitrogen and oxygen atoms in total. The smallest absolute Gasteiger partial charge is 0.330 e. The summed E-state index contributed by atoms with van der Waals surface area (Å²) in [6, 6.07) is 0. The second kappa shape index (κ2) is 5.20. The summed E-state index contributed by atoms with van der Waals surface area (Å²) in [6.45, 7) is 0.541. The fraction of sp³-hybridized carbons (Fsp3) is 0.750. The molecule has 1 saturated carbocycles. The Labute approximate surface area is 123 Å². The van der Waals surface area contributed by atoms with E-state index in [1.54, 1.807) is 0 Å². The quantitative estimate of drug-likeness (QED) is 0.944. The molecule has 0 bridgehead atoms. The molecule has 0 radical (unpaired) electrons. The summed E-state index contributed by atoms with van der Waals surface area (Å²) in [5.74, 6) is -1.06. The van der Waals surface area contributed by atoms with Crippen molar-refractivity contribution in [1.29, 1.82) is 0 Å². The highest BCUT2D eigenvalue weighted by Gasteiger charge is 2.39. The SMILES string of the molecule is NCC1(Cc2nn3c(C(F)(F)F)nnc3s2)CCCCC1. The van der Waals surface area contributed by atoms with Crippen LogP contribution in [-0.2, 0) is 12.6 Å². The summed E-state index contributed by atoms with van der Waals surface area (Å²) in [5, 5.41) is 11.4. The zero-order chi connectivity index (χ0) is 15.1. The van der Waals surface area contributed by atoms with Crippen molar-refractivity contribution >= 4 is 16.3 Å². The first kappa shape index (κ1) is 14.7. The molecule has 2 N–H and O–H groups in total. The molecule has 0 spiro atoms. The molecule has 1 aliphatic carbocycles. The lowest BCUT2D eigenvalue weighted by atomic mass is 9.72. The Morgan fingerprint density at radius 2 is 1.90 bits per heavy atom. The minimum absolute atomic E-state index is 0.0278. The molecule has 0 aliphatic heterocycles. The van der Waals surface area contributed by atoms with Crippen molar-refractivity contribution in [2.24, 2.45) is 11.1 Å². The van der Waals surface area contributed by atoms with Crippen molar-refractivity contribution in [3.63, 3.8) is 0 Å². The van der Waals surface area contributed by atoms with Crippen molar-refractivity contribution in [2.75, 3.05) is 6.54 Å². The second-order valence-corrected chi connectivity index (χ2v) is 6.69. The molecule has 0 amide bonds. The molecule has 1 fully saturated rings. The maximum Gasteiger partial charge on any atom is 0.453 e. The molecule has 1 aliphatic rings. The van der Waals surface area contributed by atoms with Gasteiger partial charge >= 0.3 is 6.18 Å². The second-order valence-electron chi connectivity index (χ2n) is 5.65. The minimum Gasteiger partial charge on any atom is -0.330 e. The standard InChI is InChI=1S/C12H16F3N5S/c13-12(14,15)9-17-18-10-20(9)19-8(21-10)6-11(7-16)4-2-1-3-5-11/h1-7,16H2. The summed E-state index contributed by atoms with van der Waals surface area (Å²) >= 11 is 1.16. The summed E-state index contributed by atoms with van der Waals surface area (Å²) in [6.07, 6.45) is 1.54. The number of alkyl halides is 3. The Morgan fingerprint density at radius 3 is 2.52 bits per heavy atom. The fourth-order valence-electron chi connectivity index (χ4n) is 2.98. The Morgan fingerprint density at radius 1 is 1.19 bits per heavy atom. The number of rotatable bonds is 3. The molecule has 2 heterocycles. The van der Waals surface area contributed by atoms with Gasteiger partial charge in [-0.05, 0) is 24.8 Å². The van der Waals surface area contributed by atoms with Gasteiger partial charge in [-0.2, -0.15) is 22.8 Å². The molecule has 0 aromatic carbocycles. The van der Waals surface area contributed by atoms with Crippen molar-refractivity contribution in [3.05, 3.63) is 10.8 Å². The number of nitrogens with two attached hydrogens (primary N) is 1. The monoisotopic (exact) mass is 319 g/mol. The van der Waals surface area contributed by atoms with E-state index in [4.69, 9.17) is 5.73 Å². The molecule has 0 saturated heterocycles. The zero-order valence-electron chi connectivity index (χ0n) is 11.4. The van der Waals surface area contributed by atoms with E-state index >= 15 is 0 Å². The van der Waals surface area contributed by atoms with Crippen molar-refractivity contribution in [2.45, 2.75) is 44.7 Å². The maximum absolute atomic E-state index is 12.8. The van der Waals surface area contributed by atoms with E-state index in [-0.39, 0.29) is 10.4 Å². The molecule has 116 valence electrons. The molecule has 0 unspecified atom stereocenters. The van der Waals surface area contributed by atoms with Crippen LogP contribution in [0.1, 0.15) is 42.9 Å². The third-order valence-electron chi connectivity index (χ3n) is 4.16. The van der Waals surface area contributed by atoms with Gasteiger partial charge in [0, 0.05) is 6.42 Å². The van der Waals surface area contributed by atoms with Crippen LogP contribution in [0.4, 0.5) is 13.2 Å². The molecular weight excluding hydrogens is 303 g/mol. The van der Waals surface area contributed by atoms with Crippen molar-refractivity contribution in [3.8, 4) is 0 Å². The van der Waals surface area contributed by atoms with Gasteiger partial charge in [0.15, 0.2) is 0 Å². The van der Waals surface area contributed by atoms with Crippen LogP contribution in [0.2, 0.25) is 0 Å².